The Morgan fingerprint density at radius 3 is 2.94 bits per heavy atom. The molecule has 1 aliphatic heterocycles. The number of carbonyl (C=O) groups excluding carboxylic acids is 1. The molecule has 1 saturated heterocycles. The van der Waals surface area contributed by atoms with Crippen LogP contribution >= 0.6 is 0 Å². The third-order valence-electron chi connectivity index (χ3n) is 3.86. The van der Waals surface area contributed by atoms with Gasteiger partial charge in [0.2, 0.25) is 5.91 Å². The average Bonchev–Trinajstić information content (AvgIpc) is 2.99. The highest BCUT2D eigenvalue weighted by Crippen LogP contribution is 2.40. The molecule has 5 heteroatoms. The number of nitrogens with zero attached hydrogens (tertiary/aromatic N) is 3. The molecule has 2 atom stereocenters. The van der Waals surface area contributed by atoms with Crippen molar-refractivity contribution in [3.05, 3.63) is 18.2 Å². The number of hydrogen-bond acceptors (Lipinski definition) is 3. The standard InChI is InChI=1S/C13H20N4O/c1-2-5-16-8-15-7-11(16)13-10(14)6-12(18)17(13)9-3-4-9/h7-10,13H,2-6,14H2,1H3. The maximum Gasteiger partial charge on any atom is 0.225 e. The van der Waals surface area contributed by atoms with Gasteiger partial charge in [-0.1, -0.05) is 6.92 Å². The molecule has 0 radical (unpaired) electrons. The Bertz CT molecular complexity index is 452. The van der Waals surface area contributed by atoms with E-state index in [1.54, 1.807) is 0 Å². The molecule has 98 valence electrons. The predicted octanol–water partition coefficient (Wildman–Crippen LogP) is 1.06. The summed E-state index contributed by atoms with van der Waals surface area (Å²) in [4.78, 5) is 18.3. The number of carbonyl (C=O) groups is 1. The van der Waals surface area contributed by atoms with Crippen LogP contribution in [-0.2, 0) is 11.3 Å². The van der Waals surface area contributed by atoms with Gasteiger partial charge in [-0.2, -0.15) is 0 Å². The minimum absolute atomic E-state index is 0.0269. The molecule has 1 amide bonds. The van der Waals surface area contributed by atoms with Gasteiger partial charge < -0.3 is 15.2 Å². The van der Waals surface area contributed by atoms with Gasteiger partial charge in [0.05, 0.1) is 24.3 Å². The van der Waals surface area contributed by atoms with Crippen LogP contribution in [0.4, 0.5) is 0 Å². The Labute approximate surface area is 107 Å². The van der Waals surface area contributed by atoms with E-state index in [4.69, 9.17) is 5.73 Å². The van der Waals surface area contributed by atoms with Crippen LogP contribution in [0.1, 0.15) is 44.3 Å². The van der Waals surface area contributed by atoms with Crippen molar-refractivity contribution in [2.45, 2.75) is 57.3 Å². The molecular weight excluding hydrogens is 228 g/mol. The Morgan fingerprint density at radius 2 is 2.28 bits per heavy atom. The number of aryl methyl sites for hydroxylation is 1. The van der Waals surface area contributed by atoms with E-state index in [1.807, 2.05) is 17.4 Å². The van der Waals surface area contributed by atoms with E-state index in [0.29, 0.717) is 12.5 Å². The summed E-state index contributed by atoms with van der Waals surface area (Å²) in [5, 5.41) is 0. The zero-order valence-electron chi connectivity index (χ0n) is 10.7. The minimum atomic E-state index is -0.0922. The number of likely N-dealkylation sites (tertiary alicyclic amines) is 1. The quantitative estimate of drug-likeness (QED) is 0.866. The van der Waals surface area contributed by atoms with E-state index in [9.17, 15) is 4.79 Å². The van der Waals surface area contributed by atoms with E-state index < -0.39 is 0 Å². The summed E-state index contributed by atoms with van der Waals surface area (Å²) in [6.45, 7) is 3.08. The van der Waals surface area contributed by atoms with Crippen LogP contribution in [0.3, 0.4) is 0 Å². The van der Waals surface area contributed by atoms with E-state index in [1.165, 1.54) is 0 Å². The topological polar surface area (TPSA) is 64.2 Å². The highest BCUT2D eigenvalue weighted by atomic mass is 16.2. The van der Waals surface area contributed by atoms with Crippen molar-refractivity contribution < 1.29 is 4.79 Å². The predicted molar refractivity (Wildman–Crippen MR) is 67.7 cm³/mol. The van der Waals surface area contributed by atoms with Gasteiger partial charge in [0.15, 0.2) is 0 Å². The molecule has 0 aromatic carbocycles. The van der Waals surface area contributed by atoms with Crippen LogP contribution < -0.4 is 5.73 Å². The van der Waals surface area contributed by atoms with Crippen LogP contribution in [0.15, 0.2) is 12.5 Å². The first-order valence-corrected chi connectivity index (χ1v) is 6.79. The number of aromatic nitrogens is 2. The molecule has 3 rings (SSSR count). The van der Waals surface area contributed by atoms with Crippen LogP contribution in [0.5, 0.6) is 0 Å². The van der Waals surface area contributed by atoms with Crippen LogP contribution in [0.25, 0.3) is 0 Å². The van der Waals surface area contributed by atoms with Gasteiger partial charge >= 0.3 is 0 Å². The highest BCUT2D eigenvalue weighted by molar-refractivity contribution is 5.81. The van der Waals surface area contributed by atoms with Crippen molar-refractivity contribution in [1.29, 1.82) is 0 Å². The van der Waals surface area contributed by atoms with E-state index in [0.717, 1.165) is 31.5 Å². The Morgan fingerprint density at radius 1 is 1.50 bits per heavy atom. The van der Waals surface area contributed by atoms with Crippen molar-refractivity contribution in [2.24, 2.45) is 5.73 Å². The van der Waals surface area contributed by atoms with E-state index in [-0.39, 0.29) is 18.0 Å². The molecule has 0 bridgehead atoms. The van der Waals surface area contributed by atoms with Crippen molar-refractivity contribution in [3.63, 3.8) is 0 Å². The second-order valence-electron chi connectivity index (χ2n) is 5.36. The van der Waals surface area contributed by atoms with Gasteiger partial charge in [0.25, 0.3) is 0 Å². The fraction of sp³-hybridized carbons (Fsp3) is 0.692. The van der Waals surface area contributed by atoms with Crippen LogP contribution in [0, 0.1) is 0 Å². The number of rotatable bonds is 4. The number of nitrogens with two attached hydrogens (primary N) is 1. The lowest BCUT2D eigenvalue weighted by Gasteiger charge is -2.27. The first kappa shape index (κ1) is 11.7. The average molecular weight is 248 g/mol. The lowest BCUT2D eigenvalue weighted by Crippen LogP contribution is -2.35. The third-order valence-corrected chi connectivity index (χ3v) is 3.86. The van der Waals surface area contributed by atoms with Crippen LogP contribution in [0.2, 0.25) is 0 Å². The molecule has 2 heterocycles. The normalized spacial score (nSPS) is 28.1. The molecule has 1 aliphatic carbocycles. The Balaban J connectivity index is 1.92. The number of imidazole rings is 1. The van der Waals surface area contributed by atoms with Crippen molar-refractivity contribution in [3.8, 4) is 0 Å². The first-order valence-electron chi connectivity index (χ1n) is 6.79. The molecular formula is C13H20N4O. The lowest BCUT2D eigenvalue weighted by atomic mass is 10.1. The molecule has 0 spiro atoms. The summed E-state index contributed by atoms with van der Waals surface area (Å²) in [6.07, 6.45) is 7.49. The van der Waals surface area contributed by atoms with Gasteiger partial charge in [-0.05, 0) is 19.3 Å². The number of hydrogen-bond donors (Lipinski definition) is 1. The maximum absolute atomic E-state index is 12.1. The van der Waals surface area contributed by atoms with Crippen molar-refractivity contribution in [2.75, 3.05) is 0 Å². The van der Waals surface area contributed by atoms with E-state index >= 15 is 0 Å². The molecule has 2 aliphatic rings. The first-order chi connectivity index (χ1) is 8.72. The summed E-state index contributed by atoms with van der Waals surface area (Å²) in [5.41, 5.74) is 7.28. The van der Waals surface area contributed by atoms with Crippen LogP contribution in [-0.4, -0.2) is 32.4 Å². The molecule has 2 unspecified atom stereocenters. The van der Waals surface area contributed by atoms with Gasteiger partial charge in [-0.15, -0.1) is 0 Å². The molecule has 2 fully saturated rings. The maximum atomic E-state index is 12.1. The van der Waals surface area contributed by atoms with Crippen molar-refractivity contribution >= 4 is 5.91 Å². The fourth-order valence-corrected chi connectivity index (χ4v) is 2.93. The second-order valence-corrected chi connectivity index (χ2v) is 5.36. The highest BCUT2D eigenvalue weighted by Gasteiger charge is 2.46. The molecule has 1 aromatic heterocycles. The Hall–Kier alpha value is -1.36. The minimum Gasteiger partial charge on any atom is -0.333 e. The fourth-order valence-electron chi connectivity index (χ4n) is 2.93. The Kier molecular flexibility index (Phi) is 2.86. The summed E-state index contributed by atoms with van der Waals surface area (Å²) < 4.78 is 2.14. The van der Waals surface area contributed by atoms with Crippen molar-refractivity contribution in [1.82, 2.24) is 14.5 Å². The van der Waals surface area contributed by atoms with Gasteiger partial charge in [-0.25, -0.2) is 4.98 Å². The van der Waals surface area contributed by atoms with Gasteiger partial charge in [0.1, 0.15) is 0 Å². The number of amides is 1. The molecule has 5 nitrogen and oxygen atoms in total. The largest absolute Gasteiger partial charge is 0.333 e. The molecule has 1 saturated carbocycles. The van der Waals surface area contributed by atoms with Gasteiger partial charge in [0, 0.05) is 25.0 Å². The molecule has 18 heavy (non-hydrogen) atoms. The zero-order chi connectivity index (χ0) is 12.7. The lowest BCUT2D eigenvalue weighted by molar-refractivity contribution is -0.129. The zero-order valence-corrected chi connectivity index (χ0v) is 10.7. The second kappa shape index (κ2) is 4.39. The SMILES string of the molecule is CCCn1cncc1C1C(N)CC(=O)N1C1CC1. The summed E-state index contributed by atoms with van der Waals surface area (Å²) in [6, 6.07) is 0.352. The van der Waals surface area contributed by atoms with Gasteiger partial charge in [-0.3, -0.25) is 4.79 Å². The van der Waals surface area contributed by atoms with E-state index in [2.05, 4.69) is 16.5 Å². The molecule has 1 aromatic rings. The summed E-state index contributed by atoms with van der Waals surface area (Å²) >= 11 is 0. The smallest absolute Gasteiger partial charge is 0.225 e. The molecule has 2 N–H and O–H groups in total. The third kappa shape index (κ3) is 1.82. The summed E-state index contributed by atoms with van der Waals surface area (Å²) in [7, 11) is 0. The summed E-state index contributed by atoms with van der Waals surface area (Å²) in [5.74, 6) is 0.208. The monoisotopic (exact) mass is 248 g/mol.